The molecule has 2 heterocycles. The van der Waals surface area contributed by atoms with Crippen molar-refractivity contribution in [1.29, 1.82) is 0 Å². The number of hydrogen-bond acceptors (Lipinski definition) is 5. The Hall–Kier alpha value is -0.870. The molecule has 0 bridgehead atoms. The summed E-state index contributed by atoms with van der Waals surface area (Å²) in [5, 5.41) is 7.10. The van der Waals surface area contributed by atoms with Crippen LogP contribution in [0, 0.1) is 0 Å². The van der Waals surface area contributed by atoms with Crippen molar-refractivity contribution in [2.45, 2.75) is 37.6 Å². The van der Waals surface area contributed by atoms with Crippen molar-refractivity contribution < 1.29 is 9.47 Å². The molecule has 1 aliphatic carbocycles. The van der Waals surface area contributed by atoms with Gasteiger partial charge in [-0.25, -0.2) is 0 Å². The van der Waals surface area contributed by atoms with Crippen LogP contribution in [0.5, 0.6) is 11.5 Å². The molecule has 0 radical (unpaired) electrons. The SMILES string of the molecule is CN=C(NCCc1ccc2c(c1)OCO2)NCC1(N2CCSCC2)CCCC1.I. The van der Waals surface area contributed by atoms with Crippen molar-refractivity contribution in [3.63, 3.8) is 0 Å². The first-order valence-electron chi connectivity index (χ1n) is 10.4. The first kappa shape index (κ1) is 22.8. The highest BCUT2D eigenvalue weighted by atomic mass is 127. The molecule has 0 atom stereocenters. The standard InChI is InChI=1S/C21H32N4O2S.HI/c1-22-20(23-9-6-17-4-5-18-19(14-17)27-16-26-18)24-15-21(7-2-3-8-21)25-10-12-28-13-11-25;/h4-5,14H,2-3,6-13,15-16H2,1H3,(H2,22,23,24);1H. The van der Waals surface area contributed by atoms with E-state index in [2.05, 4.69) is 44.4 Å². The average Bonchev–Trinajstić information content (AvgIpc) is 3.41. The van der Waals surface area contributed by atoms with Crippen LogP contribution in [0.2, 0.25) is 0 Å². The van der Waals surface area contributed by atoms with Crippen LogP contribution in [-0.4, -0.2) is 67.9 Å². The van der Waals surface area contributed by atoms with Crippen LogP contribution in [0.25, 0.3) is 0 Å². The highest BCUT2D eigenvalue weighted by molar-refractivity contribution is 14.0. The van der Waals surface area contributed by atoms with Crippen LogP contribution in [0.3, 0.4) is 0 Å². The lowest BCUT2D eigenvalue weighted by Crippen LogP contribution is -2.57. The van der Waals surface area contributed by atoms with E-state index in [1.54, 1.807) is 0 Å². The molecular weight excluding hydrogens is 499 g/mol. The predicted molar refractivity (Wildman–Crippen MR) is 131 cm³/mol. The molecule has 6 nitrogen and oxygen atoms in total. The maximum atomic E-state index is 5.47. The average molecular weight is 532 g/mol. The molecule has 1 aromatic rings. The van der Waals surface area contributed by atoms with Crippen molar-refractivity contribution in [1.82, 2.24) is 15.5 Å². The first-order chi connectivity index (χ1) is 13.8. The van der Waals surface area contributed by atoms with E-state index in [0.29, 0.717) is 12.3 Å². The molecule has 0 amide bonds. The third kappa shape index (κ3) is 5.64. The number of thioether (sulfide) groups is 1. The van der Waals surface area contributed by atoms with E-state index in [1.807, 2.05) is 13.1 Å². The summed E-state index contributed by atoms with van der Waals surface area (Å²) in [7, 11) is 1.86. The summed E-state index contributed by atoms with van der Waals surface area (Å²) in [4.78, 5) is 7.18. The number of hydrogen-bond donors (Lipinski definition) is 2. The maximum Gasteiger partial charge on any atom is 0.231 e. The Morgan fingerprint density at radius 2 is 1.90 bits per heavy atom. The largest absolute Gasteiger partial charge is 0.454 e. The maximum absolute atomic E-state index is 5.47. The van der Waals surface area contributed by atoms with E-state index < -0.39 is 0 Å². The van der Waals surface area contributed by atoms with E-state index in [-0.39, 0.29) is 24.0 Å². The van der Waals surface area contributed by atoms with Crippen LogP contribution in [0.1, 0.15) is 31.2 Å². The fourth-order valence-corrected chi connectivity index (χ4v) is 5.47. The molecule has 162 valence electrons. The second-order valence-corrected chi connectivity index (χ2v) is 9.05. The highest BCUT2D eigenvalue weighted by Gasteiger charge is 2.39. The van der Waals surface area contributed by atoms with Gasteiger partial charge in [-0.1, -0.05) is 18.9 Å². The lowest BCUT2D eigenvalue weighted by Gasteiger charge is -2.43. The number of aliphatic imine (C=N–C) groups is 1. The molecule has 8 heteroatoms. The topological polar surface area (TPSA) is 58.1 Å². The first-order valence-corrected chi connectivity index (χ1v) is 11.6. The summed E-state index contributed by atoms with van der Waals surface area (Å²) >= 11 is 2.09. The zero-order chi connectivity index (χ0) is 19.2. The molecule has 1 saturated carbocycles. The highest BCUT2D eigenvalue weighted by Crippen LogP contribution is 2.36. The van der Waals surface area contributed by atoms with E-state index in [0.717, 1.165) is 37.0 Å². The summed E-state index contributed by atoms with van der Waals surface area (Å²) < 4.78 is 10.8. The Morgan fingerprint density at radius 3 is 2.66 bits per heavy atom. The Kier molecular flexibility index (Phi) is 8.61. The summed E-state index contributed by atoms with van der Waals surface area (Å²) in [6.45, 7) is 4.60. The normalized spacial score (nSPS) is 20.9. The van der Waals surface area contributed by atoms with Gasteiger partial charge in [0, 0.05) is 50.3 Å². The van der Waals surface area contributed by atoms with Gasteiger partial charge in [0.1, 0.15) is 0 Å². The number of halogens is 1. The zero-order valence-corrected chi connectivity index (χ0v) is 20.4. The van der Waals surface area contributed by atoms with Crippen molar-refractivity contribution >= 4 is 41.7 Å². The van der Waals surface area contributed by atoms with Crippen LogP contribution < -0.4 is 20.1 Å². The van der Waals surface area contributed by atoms with Gasteiger partial charge in [-0.15, -0.1) is 24.0 Å². The van der Waals surface area contributed by atoms with E-state index in [4.69, 9.17) is 9.47 Å². The van der Waals surface area contributed by atoms with Gasteiger partial charge in [-0.05, 0) is 37.0 Å². The van der Waals surface area contributed by atoms with Crippen LogP contribution >= 0.6 is 35.7 Å². The zero-order valence-electron chi connectivity index (χ0n) is 17.2. The molecule has 0 aromatic heterocycles. The lowest BCUT2D eigenvalue weighted by molar-refractivity contribution is 0.107. The second-order valence-electron chi connectivity index (χ2n) is 7.82. The van der Waals surface area contributed by atoms with Crippen molar-refractivity contribution in [2.24, 2.45) is 4.99 Å². The van der Waals surface area contributed by atoms with Crippen molar-refractivity contribution in [3.8, 4) is 11.5 Å². The van der Waals surface area contributed by atoms with Crippen LogP contribution in [0.15, 0.2) is 23.2 Å². The summed E-state index contributed by atoms with van der Waals surface area (Å²) in [6.07, 6.45) is 6.23. The smallest absolute Gasteiger partial charge is 0.231 e. The Bertz CT molecular complexity index is 691. The second kappa shape index (κ2) is 10.9. The van der Waals surface area contributed by atoms with Gasteiger partial charge in [0.2, 0.25) is 6.79 Å². The molecule has 4 rings (SSSR count). The molecule has 2 N–H and O–H groups in total. The molecule has 29 heavy (non-hydrogen) atoms. The van der Waals surface area contributed by atoms with Crippen LogP contribution in [0.4, 0.5) is 0 Å². The monoisotopic (exact) mass is 532 g/mol. The molecule has 2 aliphatic heterocycles. The van der Waals surface area contributed by atoms with Gasteiger partial charge in [-0.3, -0.25) is 9.89 Å². The third-order valence-electron chi connectivity index (χ3n) is 6.17. The number of rotatable bonds is 6. The fraction of sp³-hybridized carbons (Fsp3) is 0.667. The van der Waals surface area contributed by atoms with Gasteiger partial charge in [-0.2, -0.15) is 11.8 Å². The molecule has 2 fully saturated rings. The number of benzene rings is 1. The van der Waals surface area contributed by atoms with Crippen LogP contribution in [-0.2, 0) is 6.42 Å². The predicted octanol–water partition coefficient (Wildman–Crippen LogP) is 3.10. The Morgan fingerprint density at radius 1 is 1.14 bits per heavy atom. The molecular formula is C21H33IN4O2S. The number of nitrogens with zero attached hydrogens (tertiary/aromatic N) is 2. The number of ether oxygens (including phenoxy) is 2. The number of fused-ring (bicyclic) bond motifs is 1. The lowest BCUT2D eigenvalue weighted by atomic mass is 9.94. The summed E-state index contributed by atoms with van der Waals surface area (Å²) in [5.41, 5.74) is 1.56. The summed E-state index contributed by atoms with van der Waals surface area (Å²) in [6, 6.07) is 6.17. The molecule has 3 aliphatic rings. The van der Waals surface area contributed by atoms with E-state index in [9.17, 15) is 0 Å². The minimum atomic E-state index is 0. The van der Waals surface area contributed by atoms with Crippen molar-refractivity contribution in [2.75, 3.05) is 51.5 Å². The molecule has 1 saturated heterocycles. The fourth-order valence-electron chi connectivity index (χ4n) is 4.57. The van der Waals surface area contributed by atoms with Crippen molar-refractivity contribution in [3.05, 3.63) is 23.8 Å². The quantitative estimate of drug-likeness (QED) is 0.334. The minimum absolute atomic E-state index is 0. The Balaban J connectivity index is 0.00000240. The third-order valence-corrected chi connectivity index (χ3v) is 7.11. The van der Waals surface area contributed by atoms with Gasteiger partial charge >= 0.3 is 0 Å². The van der Waals surface area contributed by atoms with Gasteiger partial charge < -0.3 is 20.1 Å². The molecule has 0 spiro atoms. The number of guanidine groups is 1. The molecule has 1 aromatic carbocycles. The van der Waals surface area contributed by atoms with Gasteiger partial charge in [0.15, 0.2) is 17.5 Å². The van der Waals surface area contributed by atoms with Gasteiger partial charge in [0.25, 0.3) is 0 Å². The van der Waals surface area contributed by atoms with Gasteiger partial charge in [0.05, 0.1) is 0 Å². The van der Waals surface area contributed by atoms with E-state index in [1.165, 1.54) is 55.8 Å². The minimum Gasteiger partial charge on any atom is -0.454 e. The summed E-state index contributed by atoms with van der Waals surface area (Å²) in [5.74, 6) is 5.13. The number of nitrogens with one attached hydrogen (secondary N) is 2. The molecule has 0 unspecified atom stereocenters. The Labute approximate surface area is 195 Å². The van der Waals surface area contributed by atoms with E-state index >= 15 is 0 Å².